The minimum Gasteiger partial charge on any atom is -0.478 e. The van der Waals surface area contributed by atoms with E-state index in [2.05, 4.69) is 17.1 Å². The van der Waals surface area contributed by atoms with Gasteiger partial charge in [-0.05, 0) is 18.6 Å². The lowest BCUT2D eigenvalue weighted by atomic mass is 10.1. The van der Waals surface area contributed by atoms with Gasteiger partial charge in [0, 0.05) is 6.42 Å². The van der Waals surface area contributed by atoms with Crippen molar-refractivity contribution in [3.05, 3.63) is 35.7 Å². The summed E-state index contributed by atoms with van der Waals surface area (Å²) in [6, 6.07) is 6.64. The summed E-state index contributed by atoms with van der Waals surface area (Å²) in [6.07, 6.45) is 5.27. The molecule has 0 aliphatic rings. The van der Waals surface area contributed by atoms with Crippen LogP contribution in [-0.2, 0) is 6.42 Å². The van der Waals surface area contributed by atoms with Crippen LogP contribution in [0, 0.1) is 0 Å². The van der Waals surface area contributed by atoms with Crippen LogP contribution >= 0.6 is 0 Å². The number of nitrogens with zero attached hydrogens (tertiary/aromatic N) is 2. The molecule has 1 aromatic carbocycles. The number of aryl methyl sites for hydroxylation is 1. The Balaban J connectivity index is 2.11. The van der Waals surface area contributed by atoms with Crippen LogP contribution in [0.4, 0.5) is 0 Å². The third kappa shape index (κ3) is 3.44. The molecule has 0 aliphatic carbocycles. The molecule has 1 heterocycles. The second-order valence-corrected chi connectivity index (χ2v) is 4.66. The maximum absolute atomic E-state index is 11.2. The Hall–Kier alpha value is -2.17. The zero-order valence-corrected chi connectivity index (χ0v) is 11.5. The fraction of sp³-hybridized carbons (Fsp3) is 0.400. The Morgan fingerprint density at radius 1 is 1.20 bits per heavy atom. The van der Waals surface area contributed by atoms with Crippen LogP contribution in [0.15, 0.2) is 28.7 Å². The molecule has 1 aromatic heterocycles. The number of rotatable bonds is 7. The first-order chi connectivity index (χ1) is 9.72. The van der Waals surface area contributed by atoms with Gasteiger partial charge in [0.25, 0.3) is 0 Å². The molecule has 0 saturated heterocycles. The van der Waals surface area contributed by atoms with E-state index in [4.69, 9.17) is 9.52 Å². The van der Waals surface area contributed by atoms with Gasteiger partial charge in [0.2, 0.25) is 11.8 Å². The average Bonchev–Trinajstić information content (AvgIpc) is 2.92. The predicted octanol–water partition coefficient (Wildman–Crippen LogP) is 3.56. The predicted molar refractivity (Wildman–Crippen MR) is 74.5 cm³/mol. The maximum atomic E-state index is 11.2. The van der Waals surface area contributed by atoms with Crippen LogP contribution in [0.3, 0.4) is 0 Å². The number of carboxylic acids is 1. The standard InChI is InChI=1S/C15H18N2O3/c1-2-3-4-5-10-13-16-17-14(20-13)11-8-6-7-9-12(11)15(18)19/h6-9H,2-5,10H2,1H3,(H,18,19). The molecule has 2 aromatic rings. The summed E-state index contributed by atoms with van der Waals surface area (Å²) >= 11 is 0. The molecule has 0 bridgehead atoms. The van der Waals surface area contributed by atoms with Crippen LogP contribution in [0.1, 0.15) is 48.9 Å². The largest absolute Gasteiger partial charge is 0.478 e. The summed E-state index contributed by atoms with van der Waals surface area (Å²) in [7, 11) is 0. The Labute approximate surface area is 117 Å². The molecule has 20 heavy (non-hydrogen) atoms. The number of aromatic carboxylic acids is 1. The van der Waals surface area contributed by atoms with Gasteiger partial charge in [0.1, 0.15) is 0 Å². The van der Waals surface area contributed by atoms with E-state index in [9.17, 15) is 4.79 Å². The van der Waals surface area contributed by atoms with E-state index < -0.39 is 5.97 Å². The summed E-state index contributed by atoms with van der Waals surface area (Å²) in [4.78, 5) is 11.2. The van der Waals surface area contributed by atoms with Crippen molar-refractivity contribution >= 4 is 5.97 Å². The van der Waals surface area contributed by atoms with Crippen LogP contribution in [-0.4, -0.2) is 21.3 Å². The molecule has 0 aliphatic heterocycles. The molecule has 5 heteroatoms. The number of unbranched alkanes of at least 4 members (excludes halogenated alkanes) is 3. The normalized spacial score (nSPS) is 10.7. The third-order valence-corrected chi connectivity index (χ3v) is 3.10. The fourth-order valence-electron chi connectivity index (χ4n) is 2.02. The van der Waals surface area contributed by atoms with Gasteiger partial charge < -0.3 is 9.52 Å². The molecule has 0 spiro atoms. The molecule has 5 nitrogen and oxygen atoms in total. The second kappa shape index (κ2) is 6.84. The van der Waals surface area contributed by atoms with Gasteiger partial charge in [-0.15, -0.1) is 10.2 Å². The molecule has 0 fully saturated rings. The van der Waals surface area contributed by atoms with E-state index in [-0.39, 0.29) is 11.5 Å². The van der Waals surface area contributed by atoms with Crippen molar-refractivity contribution in [3.63, 3.8) is 0 Å². The second-order valence-electron chi connectivity index (χ2n) is 4.66. The zero-order valence-electron chi connectivity index (χ0n) is 11.5. The third-order valence-electron chi connectivity index (χ3n) is 3.10. The average molecular weight is 274 g/mol. The van der Waals surface area contributed by atoms with Gasteiger partial charge in [-0.3, -0.25) is 0 Å². The Morgan fingerprint density at radius 3 is 2.75 bits per heavy atom. The highest BCUT2D eigenvalue weighted by atomic mass is 16.4. The van der Waals surface area contributed by atoms with Crippen molar-refractivity contribution in [3.8, 4) is 11.5 Å². The van der Waals surface area contributed by atoms with Crippen molar-refractivity contribution in [2.24, 2.45) is 0 Å². The summed E-state index contributed by atoms with van der Waals surface area (Å²) < 4.78 is 5.56. The van der Waals surface area contributed by atoms with Gasteiger partial charge in [-0.1, -0.05) is 38.3 Å². The molecular formula is C15H18N2O3. The molecule has 0 amide bonds. The summed E-state index contributed by atoms with van der Waals surface area (Å²) in [6.45, 7) is 2.16. The molecule has 2 rings (SSSR count). The van der Waals surface area contributed by atoms with Gasteiger partial charge in [0.15, 0.2) is 0 Å². The molecule has 106 valence electrons. The first-order valence-corrected chi connectivity index (χ1v) is 6.87. The van der Waals surface area contributed by atoms with Gasteiger partial charge >= 0.3 is 5.97 Å². The van der Waals surface area contributed by atoms with Crippen LogP contribution < -0.4 is 0 Å². The molecule has 0 unspecified atom stereocenters. The Kier molecular flexibility index (Phi) is 4.87. The van der Waals surface area contributed by atoms with E-state index in [1.807, 2.05) is 0 Å². The molecular weight excluding hydrogens is 256 g/mol. The maximum Gasteiger partial charge on any atom is 0.336 e. The van der Waals surface area contributed by atoms with E-state index in [1.165, 1.54) is 18.9 Å². The monoisotopic (exact) mass is 274 g/mol. The quantitative estimate of drug-likeness (QED) is 0.781. The highest BCUT2D eigenvalue weighted by Gasteiger charge is 2.16. The lowest BCUT2D eigenvalue weighted by Gasteiger charge is -2.00. The summed E-state index contributed by atoms with van der Waals surface area (Å²) in [5.41, 5.74) is 0.640. The van der Waals surface area contributed by atoms with Gasteiger partial charge in [-0.2, -0.15) is 0 Å². The Morgan fingerprint density at radius 2 is 2.00 bits per heavy atom. The number of hydrogen-bond acceptors (Lipinski definition) is 4. The smallest absolute Gasteiger partial charge is 0.336 e. The van der Waals surface area contributed by atoms with E-state index in [0.29, 0.717) is 11.5 Å². The van der Waals surface area contributed by atoms with Crippen molar-refractivity contribution in [1.29, 1.82) is 0 Å². The molecule has 1 N–H and O–H groups in total. The number of hydrogen-bond donors (Lipinski definition) is 1. The highest BCUT2D eigenvalue weighted by molar-refractivity contribution is 5.94. The van der Waals surface area contributed by atoms with E-state index in [1.54, 1.807) is 18.2 Å². The molecule has 0 radical (unpaired) electrons. The fourth-order valence-corrected chi connectivity index (χ4v) is 2.02. The van der Waals surface area contributed by atoms with Crippen molar-refractivity contribution in [2.45, 2.75) is 39.0 Å². The number of benzene rings is 1. The van der Waals surface area contributed by atoms with E-state index >= 15 is 0 Å². The highest BCUT2D eigenvalue weighted by Crippen LogP contribution is 2.23. The zero-order chi connectivity index (χ0) is 14.4. The lowest BCUT2D eigenvalue weighted by Crippen LogP contribution is -1.99. The van der Waals surface area contributed by atoms with Crippen molar-refractivity contribution < 1.29 is 14.3 Å². The first-order valence-electron chi connectivity index (χ1n) is 6.87. The SMILES string of the molecule is CCCCCCc1nnc(-c2ccccc2C(=O)O)o1. The molecule has 0 atom stereocenters. The summed E-state index contributed by atoms with van der Waals surface area (Å²) in [5, 5.41) is 17.1. The number of aromatic nitrogens is 2. The number of carbonyl (C=O) groups is 1. The lowest BCUT2D eigenvalue weighted by molar-refractivity contribution is 0.0697. The van der Waals surface area contributed by atoms with E-state index in [0.717, 1.165) is 19.3 Å². The molecule has 0 saturated carbocycles. The minimum absolute atomic E-state index is 0.175. The van der Waals surface area contributed by atoms with Crippen molar-refractivity contribution in [1.82, 2.24) is 10.2 Å². The number of carboxylic acid groups (broad SMARTS) is 1. The first kappa shape index (κ1) is 14.2. The Bertz CT molecular complexity index is 578. The topological polar surface area (TPSA) is 76.2 Å². The van der Waals surface area contributed by atoms with Crippen LogP contribution in [0.5, 0.6) is 0 Å². The van der Waals surface area contributed by atoms with Gasteiger partial charge in [-0.25, -0.2) is 4.79 Å². The van der Waals surface area contributed by atoms with Crippen LogP contribution in [0.2, 0.25) is 0 Å². The van der Waals surface area contributed by atoms with Gasteiger partial charge in [0.05, 0.1) is 11.1 Å². The van der Waals surface area contributed by atoms with Crippen molar-refractivity contribution in [2.75, 3.05) is 0 Å². The van der Waals surface area contributed by atoms with Crippen LogP contribution in [0.25, 0.3) is 11.5 Å². The minimum atomic E-state index is -0.997. The summed E-state index contributed by atoms with van der Waals surface area (Å²) in [5.74, 6) is -0.159.